The first kappa shape index (κ1) is 23.7. The van der Waals surface area contributed by atoms with Crippen molar-refractivity contribution >= 4 is 46.1 Å². The molecule has 4 rings (SSSR count). The number of carbonyl (C=O) groups excluding carboxylic acids is 2. The second kappa shape index (κ2) is 10.6. The highest BCUT2D eigenvalue weighted by Crippen LogP contribution is 2.33. The molecule has 3 amide bonds. The number of benzene rings is 1. The average Bonchev–Trinajstić information content (AvgIpc) is 3.50. The molecule has 1 saturated heterocycles. The van der Waals surface area contributed by atoms with Crippen LogP contribution in [0.4, 0.5) is 4.79 Å². The summed E-state index contributed by atoms with van der Waals surface area (Å²) >= 11 is 1.57. The number of hydrogen-bond donors (Lipinski definition) is 6. The molecule has 7 N–H and O–H groups in total. The van der Waals surface area contributed by atoms with E-state index in [9.17, 15) is 19.2 Å². The van der Waals surface area contributed by atoms with Crippen LogP contribution in [0.15, 0.2) is 53.4 Å². The Labute approximate surface area is 192 Å². The Bertz CT molecular complexity index is 1180. The molecular formula is C22H22N4O6S. The van der Waals surface area contributed by atoms with Crippen LogP contribution in [0.3, 0.4) is 0 Å². The Morgan fingerprint density at radius 1 is 1.12 bits per heavy atom. The van der Waals surface area contributed by atoms with E-state index in [1.54, 1.807) is 11.3 Å². The number of amides is 3. The molecule has 3 aromatic rings. The second-order valence-corrected chi connectivity index (χ2v) is 7.92. The minimum absolute atomic E-state index is 0.234. The Morgan fingerprint density at radius 2 is 1.85 bits per heavy atom. The van der Waals surface area contributed by atoms with E-state index >= 15 is 0 Å². The average molecular weight is 471 g/mol. The molecule has 33 heavy (non-hydrogen) atoms. The lowest BCUT2D eigenvalue weighted by atomic mass is 9.85. The van der Waals surface area contributed by atoms with Gasteiger partial charge in [-0.3, -0.25) is 10.1 Å². The van der Waals surface area contributed by atoms with Crippen LogP contribution < -0.4 is 16.4 Å². The minimum atomic E-state index is -1.26. The van der Waals surface area contributed by atoms with E-state index in [4.69, 9.17) is 15.9 Å². The zero-order valence-electron chi connectivity index (χ0n) is 17.3. The van der Waals surface area contributed by atoms with Crippen LogP contribution in [-0.4, -0.2) is 51.7 Å². The molecule has 2 aromatic heterocycles. The number of fused-ring (bicyclic) bond motifs is 1. The summed E-state index contributed by atoms with van der Waals surface area (Å²) in [7, 11) is 0. The van der Waals surface area contributed by atoms with Crippen molar-refractivity contribution < 1.29 is 29.4 Å². The number of aliphatic carboxylic acids is 2. The number of imide groups is 1. The second-order valence-electron chi connectivity index (χ2n) is 7.14. The fraction of sp³-hybridized carbons (Fsp3) is 0.182. The first-order valence-electron chi connectivity index (χ1n) is 9.87. The Morgan fingerprint density at radius 3 is 2.39 bits per heavy atom. The third kappa shape index (κ3) is 5.84. The summed E-state index contributed by atoms with van der Waals surface area (Å²) in [5.74, 6) is -3.04. The highest BCUT2D eigenvalue weighted by molar-refractivity contribution is 7.08. The van der Waals surface area contributed by atoms with Crippen molar-refractivity contribution in [1.82, 2.24) is 15.6 Å². The van der Waals surface area contributed by atoms with E-state index in [0.29, 0.717) is 18.7 Å². The van der Waals surface area contributed by atoms with Gasteiger partial charge in [0, 0.05) is 35.2 Å². The monoisotopic (exact) mass is 470 g/mol. The molecule has 2 atom stereocenters. The lowest BCUT2D eigenvalue weighted by molar-refractivity contribution is -0.134. The van der Waals surface area contributed by atoms with Crippen molar-refractivity contribution in [3.8, 4) is 0 Å². The molecule has 172 valence electrons. The number of aromatic nitrogens is 1. The van der Waals surface area contributed by atoms with Gasteiger partial charge in [-0.15, -0.1) is 0 Å². The van der Waals surface area contributed by atoms with Crippen molar-refractivity contribution in [1.29, 1.82) is 0 Å². The van der Waals surface area contributed by atoms with Gasteiger partial charge in [-0.05, 0) is 58.6 Å². The van der Waals surface area contributed by atoms with E-state index in [1.165, 1.54) is 0 Å². The number of H-pyrrole nitrogens is 1. The number of carboxylic acids is 2. The van der Waals surface area contributed by atoms with Crippen molar-refractivity contribution in [3.05, 3.63) is 70.1 Å². The summed E-state index contributed by atoms with van der Waals surface area (Å²) in [5.41, 5.74) is 9.91. The van der Waals surface area contributed by atoms with Crippen molar-refractivity contribution in [2.24, 2.45) is 5.73 Å². The van der Waals surface area contributed by atoms with Gasteiger partial charge >= 0.3 is 18.0 Å². The predicted octanol–water partition coefficient (Wildman–Crippen LogP) is 1.78. The van der Waals surface area contributed by atoms with E-state index in [1.807, 2.05) is 35.2 Å². The van der Waals surface area contributed by atoms with E-state index in [0.717, 1.165) is 34.0 Å². The molecule has 0 aliphatic carbocycles. The zero-order valence-corrected chi connectivity index (χ0v) is 18.1. The molecule has 1 aromatic carbocycles. The molecule has 1 aliphatic heterocycles. The Hall–Kier alpha value is -3.96. The van der Waals surface area contributed by atoms with Crippen LogP contribution >= 0.6 is 11.3 Å². The molecule has 1 aliphatic rings. The summed E-state index contributed by atoms with van der Waals surface area (Å²) in [6.45, 7) is 0.576. The highest BCUT2D eigenvalue weighted by atomic mass is 32.1. The predicted molar refractivity (Wildman–Crippen MR) is 122 cm³/mol. The van der Waals surface area contributed by atoms with E-state index in [2.05, 4.69) is 21.7 Å². The van der Waals surface area contributed by atoms with Crippen molar-refractivity contribution in [2.45, 2.75) is 18.4 Å². The third-order valence-electron chi connectivity index (χ3n) is 4.97. The number of nitrogens with one attached hydrogen (secondary N) is 3. The molecule has 0 radical (unpaired) electrons. The lowest BCUT2D eigenvalue weighted by Gasteiger charge is -2.21. The maximum absolute atomic E-state index is 12.3. The van der Waals surface area contributed by atoms with Gasteiger partial charge in [0.2, 0.25) is 0 Å². The third-order valence-corrected chi connectivity index (χ3v) is 5.68. The number of hydrogen-bond acceptors (Lipinski definition) is 6. The fourth-order valence-corrected chi connectivity index (χ4v) is 4.29. The van der Waals surface area contributed by atoms with Gasteiger partial charge in [-0.1, -0.05) is 6.07 Å². The van der Waals surface area contributed by atoms with Crippen LogP contribution in [0, 0.1) is 0 Å². The highest BCUT2D eigenvalue weighted by Gasteiger charge is 2.38. The Kier molecular flexibility index (Phi) is 7.59. The normalized spacial score (nSPS) is 16.2. The molecule has 3 heterocycles. The van der Waals surface area contributed by atoms with Crippen LogP contribution in [-0.2, 0) is 20.8 Å². The number of rotatable bonds is 7. The lowest BCUT2D eigenvalue weighted by Crippen LogP contribution is -2.36. The number of nitrogens with two attached hydrogens (primary N) is 1. The summed E-state index contributed by atoms with van der Waals surface area (Å²) in [4.78, 5) is 46.2. The number of aromatic amines is 1. The smallest absolute Gasteiger partial charge is 0.328 e. The maximum Gasteiger partial charge on any atom is 0.328 e. The number of carbonyl (C=O) groups is 4. The van der Waals surface area contributed by atoms with Gasteiger partial charge in [0.15, 0.2) is 0 Å². The largest absolute Gasteiger partial charge is 0.478 e. The molecule has 10 nitrogen and oxygen atoms in total. The first-order valence-corrected chi connectivity index (χ1v) is 10.8. The van der Waals surface area contributed by atoms with Crippen molar-refractivity contribution in [2.75, 3.05) is 6.54 Å². The van der Waals surface area contributed by atoms with Gasteiger partial charge in [0.1, 0.15) is 6.04 Å². The van der Waals surface area contributed by atoms with Gasteiger partial charge in [-0.2, -0.15) is 11.3 Å². The summed E-state index contributed by atoms with van der Waals surface area (Å²) in [5, 5.41) is 25.8. The molecular weight excluding hydrogens is 448 g/mol. The quantitative estimate of drug-likeness (QED) is 0.225. The van der Waals surface area contributed by atoms with Crippen LogP contribution in [0.5, 0.6) is 0 Å². The molecule has 2 unspecified atom stereocenters. The van der Waals surface area contributed by atoms with Crippen LogP contribution in [0.2, 0.25) is 0 Å². The molecule has 0 bridgehead atoms. The fourth-order valence-electron chi connectivity index (χ4n) is 3.59. The standard InChI is InChI=1S/C18H18N4O2S.C4H4O4/c19-5-3-11-8-20-14-2-1-10(7-13(11)14)15(12-4-6-25-9-12)16-17(23)22-18(24)21-16;5-3(6)1-2-4(7)8/h1-2,4,6-9,15-16,20H,3,5,19H2,(H2,21,22,23,24);1-2H,(H,5,6)(H,7,8)/b;2-1-. The maximum atomic E-state index is 12.3. The minimum Gasteiger partial charge on any atom is -0.478 e. The van der Waals surface area contributed by atoms with E-state index < -0.39 is 24.0 Å². The van der Waals surface area contributed by atoms with Gasteiger partial charge in [-0.25, -0.2) is 14.4 Å². The number of carboxylic acid groups (broad SMARTS) is 2. The molecule has 0 saturated carbocycles. The van der Waals surface area contributed by atoms with Crippen molar-refractivity contribution in [3.63, 3.8) is 0 Å². The topological polar surface area (TPSA) is 175 Å². The number of thiophene rings is 1. The summed E-state index contributed by atoms with van der Waals surface area (Å²) in [6, 6.07) is 7.05. The molecule has 1 fully saturated rings. The molecule has 11 heteroatoms. The Balaban J connectivity index is 0.000000331. The SMILES string of the molecule is NCCc1c[nH]c2ccc(C(c3ccsc3)C3NC(=O)NC3=O)cc12.O=C(O)/C=C\C(=O)O. The van der Waals surface area contributed by atoms with Gasteiger partial charge in [0.05, 0.1) is 0 Å². The van der Waals surface area contributed by atoms with Gasteiger partial charge < -0.3 is 26.2 Å². The summed E-state index contributed by atoms with van der Waals surface area (Å²) in [6.07, 6.45) is 3.88. The van der Waals surface area contributed by atoms with Crippen LogP contribution in [0.1, 0.15) is 22.6 Å². The zero-order chi connectivity index (χ0) is 24.0. The summed E-state index contributed by atoms with van der Waals surface area (Å²) < 4.78 is 0. The van der Waals surface area contributed by atoms with E-state index in [-0.39, 0.29) is 11.8 Å². The molecule has 0 spiro atoms. The first-order chi connectivity index (χ1) is 15.8. The van der Waals surface area contributed by atoms with Gasteiger partial charge in [0.25, 0.3) is 5.91 Å². The number of urea groups is 1. The van der Waals surface area contributed by atoms with Crippen LogP contribution in [0.25, 0.3) is 10.9 Å².